The average molecular weight is 251 g/mol. The second-order valence-electron chi connectivity index (χ2n) is 4.12. The van der Waals surface area contributed by atoms with Crippen molar-refractivity contribution in [3.05, 3.63) is 66.9 Å². The van der Waals surface area contributed by atoms with Crippen molar-refractivity contribution in [1.82, 2.24) is 15.0 Å². The van der Waals surface area contributed by atoms with E-state index in [1.807, 2.05) is 42.6 Å². The largest absolute Gasteiger partial charge is 0.489 e. The lowest BCUT2D eigenvalue weighted by Crippen LogP contribution is -1.95. The molecule has 2 aromatic heterocycles. The second kappa shape index (κ2) is 5.35. The van der Waals surface area contributed by atoms with Gasteiger partial charge in [-0.25, -0.2) is 4.98 Å². The lowest BCUT2D eigenvalue weighted by molar-refractivity contribution is 0.306. The molecule has 0 fully saturated rings. The van der Waals surface area contributed by atoms with Gasteiger partial charge in [-0.2, -0.15) is 0 Å². The van der Waals surface area contributed by atoms with Crippen molar-refractivity contribution < 1.29 is 4.74 Å². The average Bonchev–Trinajstić information content (AvgIpc) is 3.01. The number of imidazole rings is 1. The van der Waals surface area contributed by atoms with Crippen molar-refractivity contribution in [2.75, 3.05) is 0 Å². The molecular formula is C15H13N3O. The van der Waals surface area contributed by atoms with Crippen LogP contribution < -0.4 is 4.74 Å². The normalized spacial score (nSPS) is 10.3. The minimum absolute atomic E-state index is 0.546. The van der Waals surface area contributed by atoms with Gasteiger partial charge in [0.2, 0.25) is 0 Å². The number of hydrogen-bond donors (Lipinski definition) is 1. The van der Waals surface area contributed by atoms with Gasteiger partial charge in [0.1, 0.15) is 12.4 Å². The van der Waals surface area contributed by atoms with E-state index < -0.39 is 0 Å². The monoisotopic (exact) mass is 251 g/mol. The van der Waals surface area contributed by atoms with E-state index in [1.165, 1.54) is 0 Å². The highest BCUT2D eigenvalue weighted by Crippen LogP contribution is 2.20. The van der Waals surface area contributed by atoms with Crippen LogP contribution in [0.3, 0.4) is 0 Å². The Hall–Kier alpha value is -2.62. The summed E-state index contributed by atoms with van der Waals surface area (Å²) in [5, 5.41) is 0. The number of aromatic amines is 1. The molecule has 0 aliphatic rings. The number of ether oxygens (including phenoxy) is 1. The zero-order valence-corrected chi connectivity index (χ0v) is 10.3. The van der Waals surface area contributed by atoms with E-state index in [0.717, 1.165) is 22.6 Å². The lowest BCUT2D eigenvalue weighted by atomic mass is 10.2. The highest BCUT2D eigenvalue weighted by molar-refractivity contribution is 5.58. The number of nitrogens with zero attached hydrogens (tertiary/aromatic N) is 2. The highest BCUT2D eigenvalue weighted by atomic mass is 16.5. The van der Waals surface area contributed by atoms with Crippen molar-refractivity contribution in [3.8, 4) is 17.0 Å². The second-order valence-corrected chi connectivity index (χ2v) is 4.12. The van der Waals surface area contributed by atoms with Crippen molar-refractivity contribution in [1.29, 1.82) is 0 Å². The van der Waals surface area contributed by atoms with Crippen LogP contribution in [0, 0.1) is 0 Å². The summed E-state index contributed by atoms with van der Waals surface area (Å²) >= 11 is 0. The third-order valence-corrected chi connectivity index (χ3v) is 2.80. The summed E-state index contributed by atoms with van der Waals surface area (Å²) in [6.07, 6.45) is 7.06. The molecule has 0 aliphatic carbocycles. The molecule has 4 heteroatoms. The fourth-order valence-electron chi connectivity index (χ4n) is 1.79. The van der Waals surface area contributed by atoms with Gasteiger partial charge in [0.15, 0.2) is 0 Å². The van der Waals surface area contributed by atoms with Crippen LogP contribution in [0.25, 0.3) is 11.3 Å². The van der Waals surface area contributed by atoms with Gasteiger partial charge in [0.05, 0.1) is 12.0 Å². The Labute approximate surface area is 111 Å². The topological polar surface area (TPSA) is 50.8 Å². The minimum atomic E-state index is 0.546. The molecule has 2 heterocycles. The number of pyridine rings is 1. The molecule has 1 aromatic carbocycles. The molecule has 4 nitrogen and oxygen atoms in total. The van der Waals surface area contributed by atoms with E-state index in [2.05, 4.69) is 15.0 Å². The number of benzene rings is 1. The number of rotatable bonds is 4. The molecule has 0 bridgehead atoms. The molecule has 0 spiro atoms. The van der Waals surface area contributed by atoms with Crippen LogP contribution >= 0.6 is 0 Å². The van der Waals surface area contributed by atoms with Gasteiger partial charge in [0.25, 0.3) is 0 Å². The van der Waals surface area contributed by atoms with Crippen LogP contribution in [0.15, 0.2) is 61.3 Å². The molecule has 0 saturated carbocycles. The van der Waals surface area contributed by atoms with Crippen LogP contribution in [0.5, 0.6) is 5.75 Å². The number of nitrogens with one attached hydrogen (secondary N) is 1. The van der Waals surface area contributed by atoms with E-state index >= 15 is 0 Å². The van der Waals surface area contributed by atoms with Gasteiger partial charge in [-0.3, -0.25) is 4.98 Å². The zero-order valence-electron chi connectivity index (χ0n) is 10.3. The van der Waals surface area contributed by atoms with Crippen molar-refractivity contribution in [2.45, 2.75) is 6.61 Å². The number of hydrogen-bond acceptors (Lipinski definition) is 3. The third-order valence-electron chi connectivity index (χ3n) is 2.80. The van der Waals surface area contributed by atoms with Gasteiger partial charge in [0, 0.05) is 24.2 Å². The van der Waals surface area contributed by atoms with Crippen molar-refractivity contribution in [3.63, 3.8) is 0 Å². The molecule has 94 valence electrons. The lowest BCUT2D eigenvalue weighted by Gasteiger charge is -2.06. The van der Waals surface area contributed by atoms with Crippen LogP contribution in [0.1, 0.15) is 5.56 Å². The molecule has 0 radical (unpaired) electrons. The molecule has 0 amide bonds. The Morgan fingerprint density at radius 1 is 1.00 bits per heavy atom. The molecule has 0 unspecified atom stereocenters. The van der Waals surface area contributed by atoms with Gasteiger partial charge >= 0.3 is 0 Å². The molecule has 3 aromatic rings. The van der Waals surface area contributed by atoms with Crippen LogP contribution in [0.4, 0.5) is 0 Å². The number of H-pyrrole nitrogens is 1. The molecule has 0 atom stereocenters. The van der Waals surface area contributed by atoms with Crippen LogP contribution in [0.2, 0.25) is 0 Å². The zero-order chi connectivity index (χ0) is 12.9. The maximum atomic E-state index is 5.71. The fraction of sp³-hybridized carbons (Fsp3) is 0.0667. The summed E-state index contributed by atoms with van der Waals surface area (Å²) in [5.74, 6) is 0.844. The first-order chi connectivity index (χ1) is 9.42. The first-order valence-corrected chi connectivity index (χ1v) is 6.03. The third kappa shape index (κ3) is 2.80. The molecular weight excluding hydrogens is 238 g/mol. The van der Waals surface area contributed by atoms with Gasteiger partial charge in [-0.15, -0.1) is 0 Å². The fourth-order valence-corrected chi connectivity index (χ4v) is 1.79. The smallest absolute Gasteiger partial charge is 0.119 e. The molecule has 1 N–H and O–H groups in total. The first-order valence-electron chi connectivity index (χ1n) is 6.03. The minimum Gasteiger partial charge on any atom is -0.489 e. The SMILES string of the molecule is c1cc(COc2ccc(-c3c[nH]cn3)cc2)ccn1. The standard InChI is InChI=1S/C15H13N3O/c1-3-14(19-10-12-5-7-16-8-6-12)4-2-13(1)15-9-17-11-18-15/h1-9,11H,10H2,(H,17,18). The van der Waals surface area contributed by atoms with Crippen molar-refractivity contribution in [2.24, 2.45) is 0 Å². The Morgan fingerprint density at radius 3 is 2.47 bits per heavy atom. The van der Waals surface area contributed by atoms with Gasteiger partial charge < -0.3 is 9.72 Å². The number of aromatic nitrogens is 3. The molecule has 0 saturated heterocycles. The summed E-state index contributed by atoms with van der Waals surface area (Å²) in [4.78, 5) is 11.1. The van der Waals surface area contributed by atoms with E-state index in [1.54, 1.807) is 18.7 Å². The quantitative estimate of drug-likeness (QED) is 0.775. The van der Waals surface area contributed by atoms with Crippen LogP contribution in [-0.2, 0) is 6.61 Å². The summed E-state index contributed by atoms with van der Waals surface area (Å²) in [5.41, 5.74) is 3.10. The summed E-state index contributed by atoms with van der Waals surface area (Å²) < 4.78 is 5.71. The Kier molecular flexibility index (Phi) is 3.23. The predicted molar refractivity (Wildman–Crippen MR) is 72.6 cm³/mol. The van der Waals surface area contributed by atoms with Gasteiger partial charge in [-0.1, -0.05) is 0 Å². The first kappa shape index (κ1) is 11.5. The van der Waals surface area contributed by atoms with E-state index in [4.69, 9.17) is 4.74 Å². The van der Waals surface area contributed by atoms with Gasteiger partial charge in [-0.05, 0) is 42.0 Å². The highest BCUT2D eigenvalue weighted by Gasteiger charge is 2.00. The Bertz CT molecular complexity index is 618. The van der Waals surface area contributed by atoms with Crippen LogP contribution in [-0.4, -0.2) is 15.0 Å². The molecule has 3 rings (SSSR count). The summed E-state index contributed by atoms with van der Waals surface area (Å²) in [7, 11) is 0. The summed E-state index contributed by atoms with van der Waals surface area (Å²) in [6.45, 7) is 0.546. The summed E-state index contributed by atoms with van der Waals surface area (Å²) in [6, 6.07) is 11.8. The maximum Gasteiger partial charge on any atom is 0.119 e. The van der Waals surface area contributed by atoms with E-state index in [0.29, 0.717) is 6.61 Å². The predicted octanol–water partition coefficient (Wildman–Crippen LogP) is 3.05. The van der Waals surface area contributed by atoms with E-state index in [-0.39, 0.29) is 0 Å². The molecule has 0 aliphatic heterocycles. The maximum absolute atomic E-state index is 5.71. The van der Waals surface area contributed by atoms with E-state index in [9.17, 15) is 0 Å². The Balaban J connectivity index is 1.67. The molecule has 19 heavy (non-hydrogen) atoms. The Morgan fingerprint density at radius 2 is 1.79 bits per heavy atom. The van der Waals surface area contributed by atoms with Crippen molar-refractivity contribution >= 4 is 0 Å².